The van der Waals surface area contributed by atoms with Gasteiger partial charge in [0, 0.05) is 22.3 Å². The van der Waals surface area contributed by atoms with E-state index in [1.54, 1.807) is 18.2 Å². The van der Waals surface area contributed by atoms with Gasteiger partial charge in [0.15, 0.2) is 0 Å². The highest BCUT2D eigenvalue weighted by Gasteiger charge is 2.09. The molecule has 0 aromatic heterocycles. The van der Waals surface area contributed by atoms with Crippen LogP contribution in [0, 0.1) is 6.92 Å². The summed E-state index contributed by atoms with van der Waals surface area (Å²) in [5, 5.41) is 2.73. The Morgan fingerprint density at radius 2 is 2.27 bits per heavy atom. The van der Waals surface area contributed by atoms with Crippen LogP contribution in [0.1, 0.15) is 15.9 Å². The van der Waals surface area contributed by atoms with Gasteiger partial charge >= 0.3 is 0 Å². The molecule has 4 heteroatoms. The molecule has 15 heavy (non-hydrogen) atoms. The summed E-state index contributed by atoms with van der Waals surface area (Å²) in [6.07, 6.45) is 0. The van der Waals surface area contributed by atoms with Crippen molar-refractivity contribution in [3.8, 4) is 0 Å². The molecule has 0 spiro atoms. The van der Waals surface area contributed by atoms with Crippen LogP contribution in [0.15, 0.2) is 29.3 Å². The highest BCUT2D eigenvalue weighted by Crippen LogP contribution is 2.15. The fourth-order valence-electron chi connectivity index (χ4n) is 1.17. The zero-order valence-electron chi connectivity index (χ0n) is 8.51. The van der Waals surface area contributed by atoms with Gasteiger partial charge in [0.05, 0.1) is 0 Å². The molecule has 1 aromatic rings. The molecular formula is C11H13BrN2O. The van der Waals surface area contributed by atoms with E-state index in [2.05, 4.69) is 27.8 Å². The largest absolute Gasteiger partial charge is 0.398 e. The van der Waals surface area contributed by atoms with Gasteiger partial charge in [-0.15, -0.1) is 0 Å². The number of hydrogen-bond donors (Lipinski definition) is 2. The topological polar surface area (TPSA) is 55.1 Å². The molecular weight excluding hydrogens is 256 g/mol. The Labute approximate surface area is 97.5 Å². The summed E-state index contributed by atoms with van der Waals surface area (Å²) in [4.78, 5) is 11.7. The first-order chi connectivity index (χ1) is 7.02. The Hall–Kier alpha value is -1.29. The normalized spacial score (nSPS) is 9.73. The Bertz CT molecular complexity index is 402. The predicted octanol–water partition coefficient (Wildman–Crippen LogP) is 2.22. The summed E-state index contributed by atoms with van der Waals surface area (Å²) in [6, 6.07) is 5.29. The summed E-state index contributed by atoms with van der Waals surface area (Å²) in [6.45, 7) is 5.87. The Kier molecular flexibility index (Phi) is 3.91. The van der Waals surface area contributed by atoms with E-state index in [1.807, 2.05) is 6.92 Å². The number of nitrogens with two attached hydrogens (primary N) is 1. The Morgan fingerprint density at radius 3 is 2.87 bits per heavy atom. The number of rotatable bonds is 3. The third-order valence-electron chi connectivity index (χ3n) is 2.06. The van der Waals surface area contributed by atoms with Gasteiger partial charge in [0.1, 0.15) is 0 Å². The molecule has 0 aliphatic rings. The maximum Gasteiger partial charge on any atom is 0.251 e. The number of anilines is 1. The van der Waals surface area contributed by atoms with E-state index in [-0.39, 0.29) is 5.91 Å². The van der Waals surface area contributed by atoms with Crippen LogP contribution >= 0.6 is 15.9 Å². The standard InChI is InChI=1S/C11H13BrN2O/c1-7(12)6-14-11(15)9-4-3-5-10(13)8(9)2/h3-5H,1,6,13H2,2H3,(H,14,15). The van der Waals surface area contributed by atoms with Crippen LogP contribution in [0.3, 0.4) is 0 Å². The van der Waals surface area contributed by atoms with Crippen molar-refractivity contribution in [3.63, 3.8) is 0 Å². The number of halogens is 1. The summed E-state index contributed by atoms with van der Waals surface area (Å²) in [7, 11) is 0. The van der Waals surface area contributed by atoms with Crippen molar-refractivity contribution >= 4 is 27.5 Å². The zero-order chi connectivity index (χ0) is 11.4. The lowest BCUT2D eigenvalue weighted by Gasteiger charge is -2.08. The van der Waals surface area contributed by atoms with Crippen LogP contribution in [-0.4, -0.2) is 12.5 Å². The van der Waals surface area contributed by atoms with Gasteiger partial charge in [-0.2, -0.15) is 0 Å². The van der Waals surface area contributed by atoms with Gasteiger partial charge in [0.2, 0.25) is 0 Å². The predicted molar refractivity (Wildman–Crippen MR) is 66.0 cm³/mol. The Morgan fingerprint density at radius 1 is 1.60 bits per heavy atom. The number of carbonyl (C=O) groups is 1. The van der Waals surface area contributed by atoms with Gasteiger partial charge < -0.3 is 11.1 Å². The lowest BCUT2D eigenvalue weighted by Crippen LogP contribution is -2.25. The van der Waals surface area contributed by atoms with Gasteiger partial charge in [0.25, 0.3) is 5.91 Å². The van der Waals surface area contributed by atoms with Crippen LogP contribution in [0.4, 0.5) is 5.69 Å². The smallest absolute Gasteiger partial charge is 0.251 e. The van der Waals surface area contributed by atoms with Crippen molar-refractivity contribution in [1.82, 2.24) is 5.32 Å². The molecule has 1 aromatic carbocycles. The molecule has 3 N–H and O–H groups in total. The fraction of sp³-hybridized carbons (Fsp3) is 0.182. The van der Waals surface area contributed by atoms with E-state index >= 15 is 0 Å². The number of hydrogen-bond acceptors (Lipinski definition) is 2. The summed E-state index contributed by atoms with van der Waals surface area (Å²) >= 11 is 3.17. The molecule has 0 saturated heterocycles. The first-order valence-corrected chi connectivity index (χ1v) is 5.28. The lowest BCUT2D eigenvalue weighted by molar-refractivity contribution is 0.0957. The zero-order valence-corrected chi connectivity index (χ0v) is 10.1. The maximum absolute atomic E-state index is 11.7. The summed E-state index contributed by atoms with van der Waals surface area (Å²) < 4.78 is 0.734. The molecule has 0 saturated carbocycles. The van der Waals surface area contributed by atoms with E-state index in [1.165, 1.54) is 0 Å². The minimum absolute atomic E-state index is 0.139. The minimum Gasteiger partial charge on any atom is -0.398 e. The SMILES string of the molecule is C=C(Br)CNC(=O)c1cccc(N)c1C. The van der Waals surface area contributed by atoms with Crippen molar-refractivity contribution in [2.45, 2.75) is 6.92 Å². The number of nitrogens with one attached hydrogen (secondary N) is 1. The van der Waals surface area contributed by atoms with Crippen molar-refractivity contribution in [1.29, 1.82) is 0 Å². The molecule has 3 nitrogen and oxygen atoms in total. The van der Waals surface area contributed by atoms with E-state index in [0.29, 0.717) is 17.8 Å². The molecule has 0 heterocycles. The number of amides is 1. The minimum atomic E-state index is -0.139. The molecule has 0 aliphatic carbocycles. The first kappa shape index (κ1) is 11.8. The Balaban J connectivity index is 2.82. The van der Waals surface area contributed by atoms with E-state index in [0.717, 1.165) is 10.0 Å². The van der Waals surface area contributed by atoms with Crippen LogP contribution < -0.4 is 11.1 Å². The van der Waals surface area contributed by atoms with Crippen LogP contribution in [0.2, 0.25) is 0 Å². The third-order valence-corrected chi connectivity index (χ3v) is 2.34. The van der Waals surface area contributed by atoms with E-state index in [4.69, 9.17) is 5.73 Å². The van der Waals surface area contributed by atoms with Crippen molar-refractivity contribution in [2.75, 3.05) is 12.3 Å². The molecule has 1 amide bonds. The van der Waals surface area contributed by atoms with Gasteiger partial charge in [-0.1, -0.05) is 28.6 Å². The van der Waals surface area contributed by atoms with Crippen LogP contribution in [0.25, 0.3) is 0 Å². The molecule has 0 bridgehead atoms. The molecule has 1 rings (SSSR count). The quantitative estimate of drug-likeness (QED) is 0.826. The molecule has 0 fully saturated rings. The number of carbonyl (C=O) groups excluding carboxylic acids is 1. The molecule has 0 unspecified atom stereocenters. The second-order valence-corrected chi connectivity index (χ2v) is 4.34. The van der Waals surface area contributed by atoms with Crippen LogP contribution in [-0.2, 0) is 0 Å². The van der Waals surface area contributed by atoms with Crippen molar-refractivity contribution in [3.05, 3.63) is 40.4 Å². The molecule has 0 aliphatic heterocycles. The second kappa shape index (κ2) is 4.98. The summed E-state index contributed by atoms with van der Waals surface area (Å²) in [5.74, 6) is -0.139. The number of nitrogen functional groups attached to an aromatic ring is 1. The highest BCUT2D eigenvalue weighted by molar-refractivity contribution is 9.11. The number of benzene rings is 1. The van der Waals surface area contributed by atoms with E-state index < -0.39 is 0 Å². The van der Waals surface area contributed by atoms with Crippen LogP contribution in [0.5, 0.6) is 0 Å². The van der Waals surface area contributed by atoms with Gasteiger partial charge in [-0.3, -0.25) is 4.79 Å². The molecule has 80 valence electrons. The second-order valence-electron chi connectivity index (χ2n) is 3.22. The average Bonchev–Trinajstić information content (AvgIpc) is 2.18. The fourth-order valence-corrected chi connectivity index (χ4v) is 1.31. The van der Waals surface area contributed by atoms with Gasteiger partial charge in [-0.05, 0) is 24.6 Å². The molecule has 0 radical (unpaired) electrons. The van der Waals surface area contributed by atoms with Crippen molar-refractivity contribution < 1.29 is 4.79 Å². The van der Waals surface area contributed by atoms with Crippen molar-refractivity contribution in [2.24, 2.45) is 0 Å². The van der Waals surface area contributed by atoms with E-state index in [9.17, 15) is 4.79 Å². The molecule has 0 atom stereocenters. The monoisotopic (exact) mass is 268 g/mol. The lowest BCUT2D eigenvalue weighted by atomic mass is 10.1. The summed E-state index contributed by atoms with van der Waals surface area (Å²) in [5.41, 5.74) is 7.73. The highest BCUT2D eigenvalue weighted by atomic mass is 79.9. The maximum atomic E-state index is 11.7. The average molecular weight is 269 g/mol. The van der Waals surface area contributed by atoms with Gasteiger partial charge in [-0.25, -0.2) is 0 Å². The third kappa shape index (κ3) is 3.09. The first-order valence-electron chi connectivity index (χ1n) is 4.49.